The zero-order valence-electron chi connectivity index (χ0n) is 13.8. The Labute approximate surface area is 148 Å². The van der Waals surface area contributed by atoms with E-state index in [9.17, 15) is 13.2 Å². The molecular weight excluding hydrogens is 352 g/mol. The van der Waals surface area contributed by atoms with Crippen LogP contribution < -0.4 is 5.32 Å². The number of carbonyl (C=O) groups is 1. The molecule has 0 saturated carbocycles. The number of carbonyl (C=O) groups excluding carboxylic acids is 1. The van der Waals surface area contributed by atoms with Crippen LogP contribution in [0.1, 0.15) is 36.5 Å². The third-order valence-electron chi connectivity index (χ3n) is 3.83. The molecule has 1 aromatic carbocycles. The molecule has 0 atom stereocenters. The van der Waals surface area contributed by atoms with E-state index in [1.54, 1.807) is 0 Å². The normalized spacial score (nSPS) is 15.6. The molecule has 0 spiro atoms. The van der Waals surface area contributed by atoms with Gasteiger partial charge in [0.25, 0.3) is 5.91 Å². The number of sulfonamides is 1. The highest BCUT2D eigenvalue weighted by Crippen LogP contribution is 2.28. The highest BCUT2D eigenvalue weighted by atomic mass is 35.5. The lowest BCUT2D eigenvalue weighted by Crippen LogP contribution is -2.29. The third-order valence-corrected chi connectivity index (χ3v) is 6.21. The number of nitrogens with zero attached hydrogens (tertiary/aromatic N) is 1. The van der Waals surface area contributed by atoms with Crippen LogP contribution in [-0.4, -0.2) is 51.5 Å². The van der Waals surface area contributed by atoms with Crippen molar-refractivity contribution in [1.29, 1.82) is 0 Å². The van der Waals surface area contributed by atoms with Crippen LogP contribution in [0.15, 0.2) is 23.1 Å². The van der Waals surface area contributed by atoms with Gasteiger partial charge in [-0.05, 0) is 44.4 Å². The maximum atomic E-state index is 12.7. The van der Waals surface area contributed by atoms with Gasteiger partial charge in [0, 0.05) is 38.4 Å². The summed E-state index contributed by atoms with van der Waals surface area (Å²) in [5.41, 5.74) is 0.286. The van der Waals surface area contributed by atoms with E-state index in [4.69, 9.17) is 16.3 Å². The molecule has 0 radical (unpaired) electrons. The van der Waals surface area contributed by atoms with Gasteiger partial charge in [0.2, 0.25) is 10.0 Å². The van der Waals surface area contributed by atoms with Crippen LogP contribution in [-0.2, 0) is 14.8 Å². The van der Waals surface area contributed by atoms with Crippen molar-refractivity contribution < 1.29 is 17.9 Å². The Kier molecular flexibility index (Phi) is 7.03. The molecule has 1 aliphatic heterocycles. The largest absolute Gasteiger partial charge is 0.382 e. The van der Waals surface area contributed by atoms with Crippen molar-refractivity contribution in [1.82, 2.24) is 9.62 Å². The fourth-order valence-electron chi connectivity index (χ4n) is 2.53. The van der Waals surface area contributed by atoms with Gasteiger partial charge in [-0.3, -0.25) is 4.79 Å². The molecule has 1 N–H and O–H groups in total. The summed E-state index contributed by atoms with van der Waals surface area (Å²) in [5, 5.41) is 2.89. The molecule has 24 heavy (non-hydrogen) atoms. The molecule has 6 nitrogen and oxygen atoms in total. The summed E-state index contributed by atoms with van der Waals surface area (Å²) in [6.07, 6.45) is 2.39. The van der Waals surface area contributed by atoms with Crippen LogP contribution in [0.2, 0.25) is 5.02 Å². The second-order valence-corrected chi connectivity index (χ2v) is 7.88. The molecule has 0 aromatic heterocycles. The molecule has 1 aromatic rings. The van der Waals surface area contributed by atoms with Gasteiger partial charge >= 0.3 is 0 Å². The summed E-state index contributed by atoms with van der Waals surface area (Å²) in [4.78, 5) is 12.2. The number of hydrogen-bond donors (Lipinski definition) is 1. The van der Waals surface area contributed by atoms with E-state index >= 15 is 0 Å². The quantitative estimate of drug-likeness (QED) is 0.708. The number of nitrogens with one attached hydrogen (secondary N) is 1. The van der Waals surface area contributed by atoms with Crippen molar-refractivity contribution in [3.8, 4) is 0 Å². The number of ether oxygens (including phenoxy) is 1. The topological polar surface area (TPSA) is 75.7 Å². The Morgan fingerprint density at radius 3 is 2.71 bits per heavy atom. The standard InChI is InChI=1S/C16H23ClN2O4S/c1-2-23-11-5-8-18-16(20)13-6-7-14(17)15(12-13)24(21,22)19-9-3-4-10-19/h6-7,12H,2-5,8-11H2,1H3,(H,18,20). The first-order valence-corrected chi connectivity index (χ1v) is 9.94. The van der Waals surface area contributed by atoms with Gasteiger partial charge in [-0.2, -0.15) is 4.31 Å². The molecule has 2 rings (SSSR count). The average molecular weight is 375 g/mol. The van der Waals surface area contributed by atoms with Crippen molar-refractivity contribution in [2.24, 2.45) is 0 Å². The lowest BCUT2D eigenvalue weighted by molar-refractivity contribution is 0.0944. The maximum absolute atomic E-state index is 12.7. The van der Waals surface area contributed by atoms with Gasteiger partial charge < -0.3 is 10.1 Å². The number of rotatable bonds is 8. The summed E-state index contributed by atoms with van der Waals surface area (Å²) < 4.78 is 31.9. The zero-order chi connectivity index (χ0) is 17.6. The Morgan fingerprint density at radius 2 is 2.04 bits per heavy atom. The first-order chi connectivity index (χ1) is 11.5. The molecule has 0 unspecified atom stereocenters. The monoisotopic (exact) mass is 374 g/mol. The lowest BCUT2D eigenvalue weighted by Gasteiger charge is -2.17. The third kappa shape index (κ3) is 4.69. The summed E-state index contributed by atoms with van der Waals surface area (Å²) in [6, 6.07) is 4.34. The van der Waals surface area contributed by atoms with Crippen molar-refractivity contribution in [3.05, 3.63) is 28.8 Å². The van der Waals surface area contributed by atoms with Crippen molar-refractivity contribution in [3.63, 3.8) is 0 Å². The molecule has 134 valence electrons. The van der Waals surface area contributed by atoms with Gasteiger partial charge in [0.1, 0.15) is 4.90 Å². The van der Waals surface area contributed by atoms with E-state index in [-0.39, 0.29) is 21.4 Å². The van der Waals surface area contributed by atoms with Crippen LogP contribution in [0.3, 0.4) is 0 Å². The summed E-state index contributed by atoms with van der Waals surface area (Å²) >= 11 is 6.07. The Hall–Kier alpha value is -1.15. The van der Waals surface area contributed by atoms with Gasteiger partial charge in [-0.25, -0.2) is 8.42 Å². The summed E-state index contributed by atoms with van der Waals surface area (Å²) in [7, 11) is -3.66. The highest BCUT2D eigenvalue weighted by Gasteiger charge is 2.29. The highest BCUT2D eigenvalue weighted by molar-refractivity contribution is 7.89. The number of amides is 1. The van der Waals surface area contributed by atoms with E-state index in [1.165, 1.54) is 22.5 Å². The summed E-state index contributed by atoms with van der Waals surface area (Å²) in [5.74, 6) is -0.318. The Balaban J connectivity index is 2.09. The zero-order valence-corrected chi connectivity index (χ0v) is 15.3. The predicted molar refractivity (Wildman–Crippen MR) is 92.9 cm³/mol. The molecule has 8 heteroatoms. The molecule has 1 heterocycles. The van der Waals surface area contributed by atoms with E-state index in [1.807, 2.05) is 6.92 Å². The fraction of sp³-hybridized carbons (Fsp3) is 0.562. The van der Waals surface area contributed by atoms with Crippen LogP contribution in [0.4, 0.5) is 0 Å². The second kappa shape index (κ2) is 8.80. The molecule has 1 fully saturated rings. The van der Waals surface area contributed by atoms with Gasteiger partial charge in [-0.15, -0.1) is 0 Å². The second-order valence-electron chi connectivity index (χ2n) is 5.56. The molecular formula is C16H23ClN2O4S. The van der Waals surface area contributed by atoms with Gasteiger partial charge in [0.05, 0.1) is 5.02 Å². The SMILES string of the molecule is CCOCCCNC(=O)c1ccc(Cl)c(S(=O)(=O)N2CCCC2)c1. The Morgan fingerprint density at radius 1 is 1.33 bits per heavy atom. The minimum atomic E-state index is -3.66. The maximum Gasteiger partial charge on any atom is 0.251 e. The van der Waals surface area contributed by atoms with E-state index in [2.05, 4.69) is 5.32 Å². The van der Waals surface area contributed by atoms with Crippen molar-refractivity contribution >= 4 is 27.5 Å². The van der Waals surface area contributed by atoms with Crippen LogP contribution in [0.25, 0.3) is 0 Å². The Bertz CT molecular complexity index is 673. The molecule has 0 aliphatic carbocycles. The summed E-state index contributed by atoms with van der Waals surface area (Å²) in [6.45, 7) is 4.58. The van der Waals surface area contributed by atoms with Crippen molar-refractivity contribution in [2.75, 3.05) is 32.8 Å². The predicted octanol–water partition coefficient (Wildman–Crippen LogP) is 2.28. The average Bonchev–Trinajstić information content (AvgIpc) is 3.10. The molecule has 1 saturated heterocycles. The van der Waals surface area contributed by atoms with E-state index in [0.717, 1.165) is 12.8 Å². The number of halogens is 1. The first kappa shape index (κ1) is 19.2. The fourth-order valence-corrected chi connectivity index (χ4v) is 4.55. The van der Waals surface area contributed by atoms with Crippen molar-refractivity contribution in [2.45, 2.75) is 31.1 Å². The van der Waals surface area contributed by atoms with E-state index < -0.39 is 10.0 Å². The van der Waals surface area contributed by atoms with Crippen LogP contribution >= 0.6 is 11.6 Å². The number of benzene rings is 1. The van der Waals surface area contributed by atoms with Crippen LogP contribution in [0, 0.1) is 0 Å². The molecule has 1 amide bonds. The minimum absolute atomic E-state index is 0.00645. The molecule has 1 aliphatic rings. The molecule has 0 bridgehead atoms. The number of hydrogen-bond acceptors (Lipinski definition) is 4. The van der Waals surface area contributed by atoms with Gasteiger partial charge in [-0.1, -0.05) is 11.6 Å². The minimum Gasteiger partial charge on any atom is -0.382 e. The van der Waals surface area contributed by atoms with E-state index in [0.29, 0.717) is 39.3 Å². The van der Waals surface area contributed by atoms with Gasteiger partial charge in [0.15, 0.2) is 0 Å². The van der Waals surface area contributed by atoms with Crippen LogP contribution in [0.5, 0.6) is 0 Å². The first-order valence-electron chi connectivity index (χ1n) is 8.12. The smallest absolute Gasteiger partial charge is 0.251 e. The lowest BCUT2D eigenvalue weighted by atomic mass is 10.2.